The Labute approximate surface area is 145 Å². The number of benzene rings is 2. The number of aryl methyl sites for hydroxylation is 1. The first-order valence-corrected chi connectivity index (χ1v) is 8.90. The van der Waals surface area contributed by atoms with Crippen LogP contribution in [0.5, 0.6) is 0 Å². The average Bonchev–Trinajstić information content (AvgIpc) is 2.50. The van der Waals surface area contributed by atoms with E-state index in [-0.39, 0.29) is 5.91 Å². The standard InChI is InChI=1S/C17H17Cl2NOS/c1-2-12-5-3-4-6-16(12)20-17(21)11-22-10-13-7-8-14(18)9-15(13)19/h3-9H,2,10-11H2,1H3,(H,20,21). The van der Waals surface area contributed by atoms with Crippen molar-refractivity contribution in [3.8, 4) is 0 Å². The van der Waals surface area contributed by atoms with Gasteiger partial charge in [0.2, 0.25) is 5.91 Å². The fraction of sp³-hybridized carbons (Fsp3) is 0.235. The van der Waals surface area contributed by atoms with Gasteiger partial charge in [0, 0.05) is 21.5 Å². The minimum atomic E-state index is -0.00372. The molecule has 5 heteroatoms. The molecule has 0 unspecified atom stereocenters. The topological polar surface area (TPSA) is 29.1 Å². The smallest absolute Gasteiger partial charge is 0.234 e. The number of nitrogens with one attached hydrogen (secondary N) is 1. The van der Waals surface area contributed by atoms with Gasteiger partial charge in [0.05, 0.1) is 5.75 Å². The summed E-state index contributed by atoms with van der Waals surface area (Å²) in [6.45, 7) is 2.07. The predicted molar refractivity (Wildman–Crippen MR) is 97.1 cm³/mol. The fourth-order valence-electron chi connectivity index (χ4n) is 2.03. The Morgan fingerprint density at radius 1 is 1.14 bits per heavy atom. The summed E-state index contributed by atoms with van der Waals surface area (Å²) in [5.74, 6) is 1.06. The van der Waals surface area contributed by atoms with Gasteiger partial charge >= 0.3 is 0 Å². The van der Waals surface area contributed by atoms with Crippen molar-refractivity contribution in [2.75, 3.05) is 11.1 Å². The third-order valence-electron chi connectivity index (χ3n) is 3.18. The molecule has 2 aromatic carbocycles. The molecule has 0 aliphatic rings. The summed E-state index contributed by atoms with van der Waals surface area (Å²) in [5.41, 5.74) is 3.01. The van der Waals surface area contributed by atoms with Gasteiger partial charge < -0.3 is 5.32 Å². The van der Waals surface area contributed by atoms with Gasteiger partial charge in [-0.25, -0.2) is 0 Å². The van der Waals surface area contributed by atoms with Gasteiger partial charge in [-0.3, -0.25) is 4.79 Å². The molecule has 2 nitrogen and oxygen atoms in total. The van der Waals surface area contributed by atoms with Crippen molar-refractivity contribution >= 4 is 46.6 Å². The van der Waals surface area contributed by atoms with E-state index in [1.807, 2.05) is 30.3 Å². The van der Waals surface area contributed by atoms with Gasteiger partial charge in [-0.05, 0) is 35.7 Å². The highest BCUT2D eigenvalue weighted by molar-refractivity contribution is 7.99. The number of hydrogen-bond donors (Lipinski definition) is 1. The lowest BCUT2D eigenvalue weighted by molar-refractivity contribution is -0.113. The summed E-state index contributed by atoms with van der Waals surface area (Å²) in [6, 6.07) is 13.3. The molecular weight excluding hydrogens is 337 g/mol. The number of carbonyl (C=O) groups is 1. The van der Waals surface area contributed by atoms with Crippen LogP contribution in [0.15, 0.2) is 42.5 Å². The number of carbonyl (C=O) groups excluding carboxylic acids is 1. The second-order valence-electron chi connectivity index (χ2n) is 4.79. The highest BCUT2D eigenvalue weighted by Gasteiger charge is 2.07. The quantitative estimate of drug-likeness (QED) is 0.750. The lowest BCUT2D eigenvalue weighted by Gasteiger charge is -2.10. The molecule has 0 atom stereocenters. The summed E-state index contributed by atoms with van der Waals surface area (Å²) >= 11 is 13.5. The van der Waals surface area contributed by atoms with E-state index in [0.29, 0.717) is 21.6 Å². The fourth-order valence-corrected chi connectivity index (χ4v) is 3.42. The summed E-state index contributed by atoms with van der Waals surface area (Å²) in [7, 11) is 0. The van der Waals surface area contributed by atoms with Gasteiger partial charge in [0.25, 0.3) is 0 Å². The van der Waals surface area contributed by atoms with Crippen LogP contribution >= 0.6 is 35.0 Å². The zero-order valence-corrected chi connectivity index (χ0v) is 14.6. The molecule has 0 bridgehead atoms. The molecule has 22 heavy (non-hydrogen) atoms. The van der Waals surface area contributed by atoms with E-state index in [9.17, 15) is 4.79 Å². The SMILES string of the molecule is CCc1ccccc1NC(=O)CSCc1ccc(Cl)cc1Cl. The maximum atomic E-state index is 12.0. The normalized spacial score (nSPS) is 10.5. The summed E-state index contributed by atoms with van der Waals surface area (Å²) in [4.78, 5) is 12.0. The molecule has 0 aliphatic carbocycles. The number of amides is 1. The Morgan fingerprint density at radius 2 is 1.91 bits per heavy atom. The van der Waals surface area contributed by atoms with Crippen LogP contribution in [-0.2, 0) is 17.0 Å². The van der Waals surface area contributed by atoms with Crippen molar-refractivity contribution in [2.24, 2.45) is 0 Å². The number of hydrogen-bond acceptors (Lipinski definition) is 2. The molecule has 0 radical (unpaired) electrons. The summed E-state index contributed by atoms with van der Waals surface area (Å²) in [6.07, 6.45) is 0.893. The summed E-state index contributed by atoms with van der Waals surface area (Å²) < 4.78 is 0. The highest BCUT2D eigenvalue weighted by atomic mass is 35.5. The predicted octanol–water partition coefficient (Wildman–Crippen LogP) is 5.43. The Balaban J connectivity index is 1.85. The maximum absolute atomic E-state index is 12.0. The maximum Gasteiger partial charge on any atom is 0.234 e. The number of anilines is 1. The Morgan fingerprint density at radius 3 is 2.64 bits per heavy atom. The van der Waals surface area contributed by atoms with Crippen LogP contribution in [0.25, 0.3) is 0 Å². The molecule has 2 aromatic rings. The van der Waals surface area contributed by atoms with E-state index in [2.05, 4.69) is 12.2 Å². The second-order valence-corrected chi connectivity index (χ2v) is 6.62. The highest BCUT2D eigenvalue weighted by Crippen LogP contribution is 2.25. The first-order chi connectivity index (χ1) is 10.6. The monoisotopic (exact) mass is 353 g/mol. The summed E-state index contributed by atoms with van der Waals surface area (Å²) in [5, 5.41) is 4.21. The number of halogens is 2. The molecule has 1 N–H and O–H groups in total. The van der Waals surface area contributed by atoms with Crippen molar-refractivity contribution in [2.45, 2.75) is 19.1 Å². The van der Waals surface area contributed by atoms with E-state index in [1.54, 1.807) is 12.1 Å². The van der Waals surface area contributed by atoms with Gasteiger partial charge in [-0.2, -0.15) is 0 Å². The Bertz CT molecular complexity index is 661. The van der Waals surface area contributed by atoms with E-state index in [4.69, 9.17) is 23.2 Å². The molecule has 0 aromatic heterocycles. The molecule has 0 saturated carbocycles. The van der Waals surface area contributed by atoms with Crippen molar-refractivity contribution in [3.63, 3.8) is 0 Å². The molecule has 2 rings (SSSR count). The van der Waals surface area contributed by atoms with Gasteiger partial charge in [-0.15, -0.1) is 11.8 Å². The lowest BCUT2D eigenvalue weighted by Crippen LogP contribution is -2.15. The molecule has 0 aliphatic heterocycles. The average molecular weight is 354 g/mol. The van der Waals surface area contributed by atoms with Crippen molar-refractivity contribution in [3.05, 3.63) is 63.6 Å². The van der Waals surface area contributed by atoms with Crippen LogP contribution in [-0.4, -0.2) is 11.7 Å². The zero-order valence-electron chi connectivity index (χ0n) is 12.2. The Kier molecular flexibility index (Phi) is 6.62. The molecule has 0 saturated heterocycles. The van der Waals surface area contributed by atoms with E-state index < -0.39 is 0 Å². The first-order valence-electron chi connectivity index (χ1n) is 6.99. The van der Waals surface area contributed by atoms with Crippen LogP contribution in [0.1, 0.15) is 18.1 Å². The van der Waals surface area contributed by atoms with Gasteiger partial charge in [-0.1, -0.05) is 54.4 Å². The van der Waals surface area contributed by atoms with E-state index in [1.165, 1.54) is 11.8 Å². The lowest BCUT2D eigenvalue weighted by atomic mass is 10.1. The van der Waals surface area contributed by atoms with Gasteiger partial charge in [0.15, 0.2) is 0 Å². The minimum absolute atomic E-state index is 0.00372. The molecular formula is C17H17Cl2NOS. The van der Waals surface area contributed by atoms with Gasteiger partial charge in [0.1, 0.15) is 0 Å². The van der Waals surface area contributed by atoms with Crippen molar-refractivity contribution in [1.82, 2.24) is 0 Å². The van der Waals surface area contributed by atoms with Crippen molar-refractivity contribution < 1.29 is 4.79 Å². The number of para-hydroxylation sites is 1. The molecule has 0 spiro atoms. The van der Waals surface area contributed by atoms with Crippen LogP contribution < -0.4 is 5.32 Å². The number of rotatable bonds is 6. The van der Waals surface area contributed by atoms with E-state index >= 15 is 0 Å². The van der Waals surface area contributed by atoms with Crippen LogP contribution in [0, 0.1) is 0 Å². The second kappa shape index (κ2) is 8.47. The molecule has 116 valence electrons. The van der Waals surface area contributed by atoms with Crippen LogP contribution in [0.2, 0.25) is 10.0 Å². The molecule has 1 amide bonds. The zero-order chi connectivity index (χ0) is 15.9. The largest absolute Gasteiger partial charge is 0.325 e. The van der Waals surface area contributed by atoms with Crippen LogP contribution in [0.4, 0.5) is 5.69 Å². The van der Waals surface area contributed by atoms with Crippen LogP contribution in [0.3, 0.4) is 0 Å². The minimum Gasteiger partial charge on any atom is -0.325 e. The van der Waals surface area contributed by atoms with Crippen molar-refractivity contribution in [1.29, 1.82) is 0 Å². The third kappa shape index (κ3) is 4.94. The molecule has 0 fully saturated rings. The first kappa shape index (κ1) is 17.2. The van der Waals surface area contributed by atoms with E-state index in [0.717, 1.165) is 23.2 Å². The molecule has 0 heterocycles. The Hall–Kier alpha value is -1.16. The third-order valence-corrected chi connectivity index (χ3v) is 4.75. The number of thioether (sulfide) groups is 1.